The fraction of sp³-hybridized carbons (Fsp3) is 0.125. The molecule has 2 aromatic carbocycles. The molecular weight excluding hydrogens is 395 g/mol. The molecule has 0 spiro atoms. The highest BCUT2D eigenvalue weighted by Gasteiger charge is 2.17. The number of thiocarbonyl (C=S) groups is 1. The summed E-state index contributed by atoms with van der Waals surface area (Å²) in [5.41, 5.74) is 5.55. The van der Waals surface area contributed by atoms with Crippen LogP contribution in [0.5, 0.6) is 5.75 Å². The molecular formula is C16H17FN4O4S2. The van der Waals surface area contributed by atoms with Crippen molar-refractivity contribution in [3.05, 3.63) is 59.4 Å². The van der Waals surface area contributed by atoms with E-state index in [-0.39, 0.29) is 27.1 Å². The zero-order valence-electron chi connectivity index (χ0n) is 14.2. The quantitative estimate of drug-likeness (QED) is 0.423. The first-order valence-electron chi connectivity index (χ1n) is 7.50. The van der Waals surface area contributed by atoms with E-state index in [1.807, 2.05) is 0 Å². The van der Waals surface area contributed by atoms with Gasteiger partial charge in [0.25, 0.3) is 5.91 Å². The predicted molar refractivity (Wildman–Crippen MR) is 101 cm³/mol. The Hall–Kier alpha value is -2.76. The van der Waals surface area contributed by atoms with Gasteiger partial charge in [-0.1, -0.05) is 12.1 Å². The molecule has 0 aromatic heterocycles. The van der Waals surface area contributed by atoms with E-state index >= 15 is 0 Å². The standard InChI is InChI=1S/C16H17FN4O4S2/c1-25-14-7-6-12(27(18,23)24)8-13(14)15(22)20-21-16(26)19-9-10-2-4-11(17)5-3-10/h2-8H,9H2,1H3,(H,20,22)(H2,18,23,24)(H2,19,21,26). The third kappa shape index (κ3) is 5.88. The van der Waals surface area contributed by atoms with Crippen molar-refractivity contribution in [1.82, 2.24) is 16.2 Å². The van der Waals surface area contributed by atoms with Crippen molar-refractivity contribution in [2.75, 3.05) is 7.11 Å². The van der Waals surface area contributed by atoms with Gasteiger partial charge in [0.1, 0.15) is 11.6 Å². The summed E-state index contributed by atoms with van der Waals surface area (Å²) in [5, 5.41) is 8.00. The van der Waals surface area contributed by atoms with Gasteiger partial charge in [-0.2, -0.15) is 0 Å². The maximum absolute atomic E-state index is 12.9. The van der Waals surface area contributed by atoms with Crippen molar-refractivity contribution < 1.29 is 22.3 Å². The second kappa shape index (κ2) is 8.75. The van der Waals surface area contributed by atoms with Crippen LogP contribution in [-0.4, -0.2) is 26.5 Å². The Balaban J connectivity index is 1.98. The van der Waals surface area contributed by atoms with Gasteiger partial charge < -0.3 is 10.1 Å². The number of amides is 1. The van der Waals surface area contributed by atoms with Gasteiger partial charge in [0, 0.05) is 6.54 Å². The number of hydrogen-bond acceptors (Lipinski definition) is 5. The lowest BCUT2D eigenvalue weighted by Crippen LogP contribution is -2.46. The van der Waals surface area contributed by atoms with Gasteiger partial charge in [0.2, 0.25) is 10.0 Å². The highest BCUT2D eigenvalue weighted by atomic mass is 32.2. The number of rotatable bonds is 5. The lowest BCUT2D eigenvalue weighted by atomic mass is 10.2. The van der Waals surface area contributed by atoms with Crippen molar-refractivity contribution in [2.24, 2.45) is 5.14 Å². The largest absolute Gasteiger partial charge is 0.496 e. The monoisotopic (exact) mass is 412 g/mol. The van der Waals surface area contributed by atoms with Crippen molar-refractivity contribution in [1.29, 1.82) is 0 Å². The predicted octanol–water partition coefficient (Wildman–Crippen LogP) is 0.791. The second-order valence-corrected chi connectivity index (χ2v) is 7.27. The number of nitrogens with two attached hydrogens (primary N) is 1. The minimum atomic E-state index is -3.98. The molecule has 0 bridgehead atoms. The molecule has 0 aliphatic heterocycles. The number of hydrogen-bond donors (Lipinski definition) is 4. The van der Waals surface area contributed by atoms with Crippen LogP contribution in [0.2, 0.25) is 0 Å². The lowest BCUT2D eigenvalue weighted by molar-refractivity contribution is 0.0940. The fourth-order valence-electron chi connectivity index (χ4n) is 2.05. The summed E-state index contributed by atoms with van der Waals surface area (Å²) in [5.74, 6) is -0.863. The number of sulfonamides is 1. The molecule has 2 rings (SSSR count). The molecule has 0 saturated carbocycles. The molecule has 0 heterocycles. The van der Waals surface area contributed by atoms with Gasteiger partial charge in [-0.15, -0.1) is 0 Å². The van der Waals surface area contributed by atoms with Crippen LogP contribution in [0.25, 0.3) is 0 Å². The SMILES string of the molecule is COc1ccc(S(N)(=O)=O)cc1C(=O)NNC(=S)NCc1ccc(F)cc1. The van der Waals surface area contributed by atoms with E-state index in [2.05, 4.69) is 16.2 Å². The minimum absolute atomic E-state index is 0.0436. The molecule has 0 radical (unpaired) electrons. The first-order valence-corrected chi connectivity index (χ1v) is 9.45. The average molecular weight is 412 g/mol. The van der Waals surface area contributed by atoms with Crippen LogP contribution >= 0.6 is 12.2 Å². The number of carbonyl (C=O) groups excluding carboxylic acids is 1. The molecule has 5 N–H and O–H groups in total. The van der Waals surface area contributed by atoms with Crippen molar-refractivity contribution >= 4 is 33.3 Å². The zero-order chi connectivity index (χ0) is 20.0. The number of benzene rings is 2. The van der Waals surface area contributed by atoms with E-state index in [1.165, 1.54) is 31.4 Å². The molecule has 2 aromatic rings. The van der Waals surface area contributed by atoms with Crippen molar-refractivity contribution in [3.8, 4) is 5.75 Å². The molecule has 144 valence electrons. The Morgan fingerprint density at radius 2 is 1.85 bits per heavy atom. The molecule has 0 atom stereocenters. The Labute approximate surface area is 160 Å². The van der Waals surface area contributed by atoms with E-state index < -0.39 is 15.9 Å². The van der Waals surface area contributed by atoms with E-state index in [1.54, 1.807) is 12.1 Å². The summed E-state index contributed by atoms with van der Waals surface area (Å²) in [6, 6.07) is 9.47. The number of nitrogens with one attached hydrogen (secondary N) is 3. The van der Waals surface area contributed by atoms with Crippen molar-refractivity contribution in [3.63, 3.8) is 0 Å². The number of halogens is 1. The summed E-state index contributed by atoms with van der Waals surface area (Å²) >= 11 is 5.04. The third-order valence-electron chi connectivity index (χ3n) is 3.40. The molecule has 0 unspecified atom stereocenters. The van der Waals surface area contributed by atoms with E-state index in [0.29, 0.717) is 6.54 Å². The van der Waals surface area contributed by atoms with Crippen molar-refractivity contribution in [2.45, 2.75) is 11.4 Å². The zero-order valence-corrected chi connectivity index (χ0v) is 15.8. The number of hydrazine groups is 1. The van der Waals surface area contributed by atoms with Crippen LogP contribution in [0.1, 0.15) is 15.9 Å². The first-order chi connectivity index (χ1) is 12.7. The molecule has 8 nitrogen and oxygen atoms in total. The number of carbonyl (C=O) groups is 1. The van der Waals surface area contributed by atoms with Gasteiger partial charge in [-0.05, 0) is 48.1 Å². The minimum Gasteiger partial charge on any atom is -0.496 e. The van der Waals surface area contributed by atoms with Gasteiger partial charge >= 0.3 is 0 Å². The summed E-state index contributed by atoms with van der Waals surface area (Å²) in [6.07, 6.45) is 0. The Bertz CT molecular complexity index is 949. The second-order valence-electron chi connectivity index (χ2n) is 5.30. The van der Waals surface area contributed by atoms with Crippen LogP contribution in [0.15, 0.2) is 47.4 Å². The number of primary sulfonamides is 1. The topological polar surface area (TPSA) is 123 Å². The molecule has 0 aliphatic rings. The highest BCUT2D eigenvalue weighted by Crippen LogP contribution is 2.21. The average Bonchev–Trinajstić information content (AvgIpc) is 2.64. The van der Waals surface area contributed by atoms with Gasteiger partial charge in [0.05, 0.1) is 17.6 Å². The van der Waals surface area contributed by atoms with Crippen LogP contribution < -0.4 is 26.0 Å². The molecule has 0 saturated heterocycles. The van der Waals surface area contributed by atoms with Crippen LogP contribution in [0.4, 0.5) is 4.39 Å². The molecule has 1 amide bonds. The Morgan fingerprint density at radius 1 is 1.19 bits per heavy atom. The summed E-state index contributed by atoms with van der Waals surface area (Å²) in [6.45, 7) is 0.312. The first kappa shape index (κ1) is 20.6. The Kier molecular flexibility index (Phi) is 6.66. The smallest absolute Gasteiger partial charge is 0.273 e. The highest BCUT2D eigenvalue weighted by molar-refractivity contribution is 7.89. The molecule has 27 heavy (non-hydrogen) atoms. The van der Waals surface area contributed by atoms with Gasteiger partial charge in [-0.3, -0.25) is 15.6 Å². The normalized spacial score (nSPS) is 10.8. The van der Waals surface area contributed by atoms with E-state index in [0.717, 1.165) is 11.6 Å². The van der Waals surface area contributed by atoms with E-state index in [9.17, 15) is 17.6 Å². The maximum atomic E-state index is 12.9. The van der Waals surface area contributed by atoms with Crippen LogP contribution in [0.3, 0.4) is 0 Å². The molecule has 0 fully saturated rings. The lowest BCUT2D eigenvalue weighted by Gasteiger charge is -2.13. The number of ether oxygens (including phenoxy) is 1. The van der Waals surface area contributed by atoms with Crippen LogP contribution in [-0.2, 0) is 16.6 Å². The summed E-state index contributed by atoms with van der Waals surface area (Å²) in [4.78, 5) is 12.1. The third-order valence-corrected chi connectivity index (χ3v) is 4.56. The Morgan fingerprint density at radius 3 is 2.44 bits per heavy atom. The maximum Gasteiger partial charge on any atom is 0.273 e. The van der Waals surface area contributed by atoms with Gasteiger partial charge in [-0.25, -0.2) is 17.9 Å². The molecule has 11 heteroatoms. The summed E-state index contributed by atoms with van der Waals surface area (Å²) in [7, 11) is -2.64. The summed E-state index contributed by atoms with van der Waals surface area (Å²) < 4.78 is 40.8. The van der Waals surface area contributed by atoms with Gasteiger partial charge in [0.15, 0.2) is 5.11 Å². The fourth-order valence-corrected chi connectivity index (χ4v) is 2.71. The molecule has 0 aliphatic carbocycles. The number of methoxy groups -OCH3 is 1. The van der Waals surface area contributed by atoms with Crippen LogP contribution in [0, 0.1) is 5.82 Å². The van der Waals surface area contributed by atoms with E-state index in [4.69, 9.17) is 22.1 Å².